The van der Waals surface area contributed by atoms with Crippen LogP contribution >= 0.6 is 11.6 Å². The predicted octanol–water partition coefficient (Wildman–Crippen LogP) is 6.60. The molecule has 0 aliphatic carbocycles. The Bertz CT molecular complexity index is 1610. The first-order chi connectivity index (χ1) is 19.2. The van der Waals surface area contributed by atoms with Gasteiger partial charge in [0, 0.05) is 10.6 Å². The first kappa shape index (κ1) is 28.9. The molecule has 9 heteroatoms. The summed E-state index contributed by atoms with van der Waals surface area (Å²) in [5, 5.41) is 4.69. The average Bonchev–Trinajstić information content (AvgIpc) is 2.97. The summed E-state index contributed by atoms with van der Waals surface area (Å²) in [6.45, 7) is 6.15. The van der Waals surface area contributed by atoms with Gasteiger partial charge in [-0.3, -0.25) is 9.10 Å². The minimum Gasteiger partial charge on any atom is -0.494 e. The molecule has 1 N–H and O–H groups in total. The van der Waals surface area contributed by atoms with Crippen molar-refractivity contribution in [3.8, 4) is 5.75 Å². The molecule has 0 atom stereocenters. The summed E-state index contributed by atoms with van der Waals surface area (Å²) < 4.78 is 34.2. The van der Waals surface area contributed by atoms with Gasteiger partial charge in [-0.2, -0.15) is 5.10 Å². The lowest BCUT2D eigenvalue weighted by molar-refractivity contribution is 0.0955. The van der Waals surface area contributed by atoms with Crippen LogP contribution in [0.1, 0.15) is 40.9 Å². The van der Waals surface area contributed by atoms with Crippen molar-refractivity contribution in [1.82, 2.24) is 5.43 Å². The normalized spacial score (nSPS) is 11.7. The molecule has 0 aliphatic heterocycles. The number of rotatable bonds is 10. The van der Waals surface area contributed by atoms with Gasteiger partial charge in [0.15, 0.2) is 0 Å². The number of nitrogens with one attached hydrogen (secondary N) is 1. The smallest absolute Gasteiger partial charge is 0.271 e. The summed E-state index contributed by atoms with van der Waals surface area (Å²) in [6.07, 6.45) is 0. The molecule has 0 aliphatic rings. The molecule has 0 unspecified atom stereocenters. The first-order valence-corrected chi connectivity index (χ1v) is 14.5. The molecule has 0 fully saturated rings. The van der Waals surface area contributed by atoms with Crippen LogP contribution in [0, 0.1) is 6.92 Å². The van der Waals surface area contributed by atoms with Crippen LogP contribution in [0.25, 0.3) is 0 Å². The minimum atomic E-state index is -3.90. The number of halogens is 1. The molecule has 0 saturated carbocycles. The van der Waals surface area contributed by atoms with Crippen LogP contribution in [0.5, 0.6) is 5.75 Å². The highest BCUT2D eigenvalue weighted by Gasteiger charge is 2.27. The van der Waals surface area contributed by atoms with E-state index in [9.17, 15) is 13.2 Å². The maximum absolute atomic E-state index is 13.7. The van der Waals surface area contributed by atoms with Gasteiger partial charge in [-0.05, 0) is 98.1 Å². The minimum absolute atomic E-state index is 0.0509. The number of amides is 1. The molecule has 4 rings (SSSR count). The second-order valence-electron chi connectivity index (χ2n) is 9.00. The Morgan fingerprint density at radius 3 is 2.20 bits per heavy atom. The van der Waals surface area contributed by atoms with Gasteiger partial charge in [-0.15, -0.1) is 0 Å². The van der Waals surface area contributed by atoms with Crippen LogP contribution in [0.3, 0.4) is 0 Å². The summed E-state index contributed by atoms with van der Waals surface area (Å²) in [7, 11) is -3.90. The monoisotopic (exact) mass is 575 g/mol. The predicted molar refractivity (Wildman–Crippen MR) is 160 cm³/mol. The first-order valence-electron chi connectivity index (χ1n) is 12.7. The van der Waals surface area contributed by atoms with Gasteiger partial charge in [0.25, 0.3) is 15.9 Å². The summed E-state index contributed by atoms with van der Waals surface area (Å²) >= 11 is 6.34. The topological polar surface area (TPSA) is 88.1 Å². The number of hydrazone groups is 1. The van der Waals surface area contributed by atoms with E-state index in [1.807, 2.05) is 31.2 Å². The zero-order valence-electron chi connectivity index (χ0n) is 22.5. The van der Waals surface area contributed by atoms with Gasteiger partial charge in [0.1, 0.15) is 5.75 Å². The third-order valence-electron chi connectivity index (χ3n) is 6.29. The molecule has 4 aromatic rings. The van der Waals surface area contributed by atoms with Crippen molar-refractivity contribution in [3.63, 3.8) is 0 Å². The molecular formula is C31H30ClN3O4S. The zero-order valence-corrected chi connectivity index (χ0v) is 24.0. The van der Waals surface area contributed by atoms with Crippen LogP contribution in [0.15, 0.2) is 107 Å². The number of hydrogen-bond acceptors (Lipinski definition) is 5. The Morgan fingerprint density at radius 2 is 1.55 bits per heavy atom. The number of nitrogens with zero attached hydrogens (tertiary/aromatic N) is 2. The van der Waals surface area contributed by atoms with Crippen molar-refractivity contribution < 1.29 is 17.9 Å². The van der Waals surface area contributed by atoms with Gasteiger partial charge < -0.3 is 4.74 Å². The van der Waals surface area contributed by atoms with E-state index in [1.165, 1.54) is 4.31 Å². The van der Waals surface area contributed by atoms with Crippen molar-refractivity contribution >= 4 is 38.9 Å². The van der Waals surface area contributed by atoms with E-state index in [0.717, 1.165) is 11.3 Å². The van der Waals surface area contributed by atoms with Crippen molar-refractivity contribution in [1.29, 1.82) is 0 Å². The van der Waals surface area contributed by atoms with E-state index in [1.54, 1.807) is 86.6 Å². The molecule has 0 aromatic heterocycles. The second kappa shape index (κ2) is 12.8. The van der Waals surface area contributed by atoms with Gasteiger partial charge in [0.2, 0.25) is 0 Å². The van der Waals surface area contributed by atoms with Gasteiger partial charge in [-0.1, -0.05) is 48.0 Å². The zero-order chi connectivity index (χ0) is 28.7. The lowest BCUT2D eigenvalue weighted by atomic mass is 10.1. The van der Waals surface area contributed by atoms with Crippen LogP contribution in [0.2, 0.25) is 5.02 Å². The third-order valence-corrected chi connectivity index (χ3v) is 8.47. The Morgan fingerprint density at radius 1 is 0.900 bits per heavy atom. The van der Waals surface area contributed by atoms with Crippen molar-refractivity contribution in [2.75, 3.05) is 10.9 Å². The molecule has 4 aromatic carbocycles. The van der Waals surface area contributed by atoms with E-state index in [2.05, 4.69) is 10.5 Å². The Hall–Kier alpha value is -4.14. The van der Waals surface area contributed by atoms with E-state index in [0.29, 0.717) is 39.7 Å². The summed E-state index contributed by atoms with van der Waals surface area (Å²) in [6, 6.07) is 27.6. The maximum Gasteiger partial charge on any atom is 0.271 e. The molecule has 0 heterocycles. The van der Waals surface area contributed by atoms with E-state index >= 15 is 0 Å². The van der Waals surface area contributed by atoms with E-state index in [4.69, 9.17) is 16.3 Å². The Kier molecular flexibility index (Phi) is 9.24. The van der Waals surface area contributed by atoms with Gasteiger partial charge in [-0.25, -0.2) is 13.8 Å². The quantitative estimate of drug-likeness (QED) is 0.170. The molecule has 7 nitrogen and oxygen atoms in total. The lowest BCUT2D eigenvalue weighted by Crippen LogP contribution is -2.31. The highest BCUT2D eigenvalue weighted by atomic mass is 35.5. The number of anilines is 1. The number of carbonyl (C=O) groups is 1. The summed E-state index contributed by atoms with van der Waals surface area (Å²) in [5.74, 6) is 0.389. The van der Waals surface area contributed by atoms with Crippen molar-refractivity contribution in [3.05, 3.63) is 124 Å². The van der Waals surface area contributed by atoms with E-state index < -0.39 is 10.0 Å². The van der Waals surface area contributed by atoms with Crippen LogP contribution in [-0.4, -0.2) is 26.6 Å². The number of sulfonamides is 1. The summed E-state index contributed by atoms with van der Waals surface area (Å²) in [5.41, 5.74) is 6.31. The van der Waals surface area contributed by atoms with Crippen LogP contribution in [0.4, 0.5) is 5.69 Å². The van der Waals surface area contributed by atoms with Crippen molar-refractivity contribution in [2.24, 2.45) is 5.10 Å². The molecule has 0 saturated heterocycles. The molecule has 0 radical (unpaired) electrons. The standard InChI is InChI=1S/C31H30ClN3O4S/c1-4-39-27-19-17-25(18-20-27)23(3)33-34-31(36)26-15-13-24(14-16-26)21-35(30-12-8-11-29(32)22(30)2)40(37,38)28-9-6-5-7-10-28/h5-20H,4,21H2,1-3H3,(H,34,36)/b33-23-. The highest BCUT2D eigenvalue weighted by molar-refractivity contribution is 7.92. The maximum atomic E-state index is 13.7. The van der Waals surface area contributed by atoms with E-state index in [-0.39, 0.29) is 17.3 Å². The Labute approximate surface area is 240 Å². The lowest BCUT2D eigenvalue weighted by Gasteiger charge is -2.26. The molecular weight excluding hydrogens is 546 g/mol. The fourth-order valence-electron chi connectivity index (χ4n) is 4.04. The number of hydrogen-bond donors (Lipinski definition) is 1. The molecule has 0 spiro atoms. The molecule has 1 amide bonds. The van der Waals surface area contributed by atoms with Crippen LogP contribution < -0.4 is 14.5 Å². The largest absolute Gasteiger partial charge is 0.494 e. The molecule has 0 bridgehead atoms. The number of carbonyl (C=O) groups excluding carboxylic acids is 1. The molecule has 206 valence electrons. The SMILES string of the molecule is CCOc1ccc(/C(C)=N\NC(=O)c2ccc(CN(c3cccc(Cl)c3C)S(=O)(=O)c3ccccc3)cc2)cc1. The number of ether oxygens (including phenoxy) is 1. The highest BCUT2D eigenvalue weighted by Crippen LogP contribution is 2.32. The molecule has 40 heavy (non-hydrogen) atoms. The average molecular weight is 576 g/mol. The third kappa shape index (κ3) is 6.70. The number of benzene rings is 4. The second-order valence-corrected chi connectivity index (χ2v) is 11.3. The van der Waals surface area contributed by atoms with Crippen LogP contribution in [-0.2, 0) is 16.6 Å². The fourth-order valence-corrected chi connectivity index (χ4v) is 5.74. The van der Waals surface area contributed by atoms with Gasteiger partial charge in [0.05, 0.1) is 29.4 Å². The fraction of sp³-hybridized carbons (Fsp3) is 0.161. The van der Waals surface area contributed by atoms with Crippen molar-refractivity contribution in [2.45, 2.75) is 32.2 Å². The van der Waals surface area contributed by atoms with Gasteiger partial charge >= 0.3 is 0 Å². The Balaban J connectivity index is 1.53. The summed E-state index contributed by atoms with van der Waals surface area (Å²) in [4.78, 5) is 12.9.